The number of nitrogens with zero attached hydrogens (tertiary/aromatic N) is 1. The van der Waals surface area contributed by atoms with Gasteiger partial charge in [-0.25, -0.2) is 10.4 Å². The number of carbonyl (C=O) groups excluding carboxylic acids is 2. The maximum atomic E-state index is 10.9. The predicted octanol–water partition coefficient (Wildman–Crippen LogP) is -0.00790. The smallest absolute Gasteiger partial charge is 0.268 e. The molecular formula is C8H10N2O2. The van der Waals surface area contributed by atoms with Gasteiger partial charge in [0.15, 0.2) is 0 Å². The summed E-state index contributed by atoms with van der Waals surface area (Å²) in [6.45, 7) is 4.06. The van der Waals surface area contributed by atoms with E-state index in [0.717, 1.165) is 11.4 Å². The second kappa shape index (κ2) is 3.82. The molecule has 4 heteroatoms. The van der Waals surface area contributed by atoms with Crippen molar-refractivity contribution in [2.24, 2.45) is 0 Å². The van der Waals surface area contributed by atoms with E-state index in [1.807, 2.05) is 0 Å². The van der Waals surface area contributed by atoms with Gasteiger partial charge in [-0.15, -0.1) is 6.58 Å². The van der Waals surface area contributed by atoms with Crippen LogP contribution in [0.5, 0.6) is 0 Å². The van der Waals surface area contributed by atoms with E-state index in [-0.39, 0.29) is 11.8 Å². The Balaban J connectivity index is 2.37. The fourth-order valence-corrected chi connectivity index (χ4v) is 0.835. The standard InChI is InChI=1S/C8H10N2O2/c1-2-3-6-9-10-7(11)4-5-8(10)12/h2,4-5,9H,1,3,6H2. The zero-order valence-electron chi connectivity index (χ0n) is 6.62. The molecule has 0 spiro atoms. The lowest BCUT2D eigenvalue weighted by atomic mass is 10.4. The Hall–Kier alpha value is -1.42. The number of carbonyl (C=O) groups is 2. The normalized spacial score (nSPS) is 15.8. The summed E-state index contributed by atoms with van der Waals surface area (Å²) in [5.41, 5.74) is 2.68. The van der Waals surface area contributed by atoms with Gasteiger partial charge in [-0.05, 0) is 6.42 Å². The summed E-state index contributed by atoms with van der Waals surface area (Å²) in [7, 11) is 0. The fraction of sp³-hybridized carbons (Fsp3) is 0.250. The van der Waals surface area contributed by atoms with Crippen LogP contribution in [0.4, 0.5) is 0 Å². The van der Waals surface area contributed by atoms with Crippen molar-refractivity contribution < 1.29 is 9.59 Å². The lowest BCUT2D eigenvalue weighted by Gasteiger charge is -2.13. The van der Waals surface area contributed by atoms with Gasteiger partial charge in [-0.2, -0.15) is 0 Å². The molecule has 0 aromatic heterocycles. The molecule has 0 fully saturated rings. The molecule has 1 N–H and O–H groups in total. The molecule has 1 aliphatic rings. The molecule has 64 valence electrons. The number of hydrazine groups is 1. The number of imide groups is 1. The molecule has 0 saturated heterocycles. The van der Waals surface area contributed by atoms with Gasteiger partial charge in [-0.3, -0.25) is 9.59 Å². The first kappa shape index (κ1) is 8.67. The average Bonchev–Trinajstić information content (AvgIpc) is 2.35. The lowest BCUT2D eigenvalue weighted by Crippen LogP contribution is -2.42. The largest absolute Gasteiger partial charge is 0.268 e. The van der Waals surface area contributed by atoms with Crippen LogP contribution in [0, 0.1) is 0 Å². The van der Waals surface area contributed by atoms with Crippen molar-refractivity contribution in [2.75, 3.05) is 6.54 Å². The first-order chi connectivity index (χ1) is 5.75. The minimum atomic E-state index is -0.316. The predicted molar refractivity (Wildman–Crippen MR) is 43.8 cm³/mol. The van der Waals surface area contributed by atoms with Gasteiger partial charge in [0, 0.05) is 18.7 Å². The number of nitrogens with one attached hydrogen (secondary N) is 1. The maximum Gasteiger partial charge on any atom is 0.268 e. The molecule has 0 atom stereocenters. The van der Waals surface area contributed by atoms with E-state index in [0.29, 0.717) is 6.54 Å². The summed E-state index contributed by atoms with van der Waals surface area (Å²) in [4.78, 5) is 21.8. The Kier molecular flexibility index (Phi) is 2.76. The lowest BCUT2D eigenvalue weighted by molar-refractivity contribution is -0.140. The van der Waals surface area contributed by atoms with E-state index in [4.69, 9.17) is 0 Å². The van der Waals surface area contributed by atoms with Gasteiger partial charge < -0.3 is 0 Å². The molecule has 4 nitrogen and oxygen atoms in total. The summed E-state index contributed by atoms with van der Waals surface area (Å²) < 4.78 is 0. The van der Waals surface area contributed by atoms with Crippen molar-refractivity contribution in [1.29, 1.82) is 0 Å². The summed E-state index contributed by atoms with van der Waals surface area (Å²) in [5, 5.41) is 0.990. The minimum absolute atomic E-state index is 0.316. The fourth-order valence-electron chi connectivity index (χ4n) is 0.835. The van der Waals surface area contributed by atoms with Crippen molar-refractivity contribution in [3.63, 3.8) is 0 Å². The minimum Gasteiger partial charge on any atom is -0.268 e. The third-order valence-electron chi connectivity index (χ3n) is 1.43. The van der Waals surface area contributed by atoms with Gasteiger partial charge in [0.25, 0.3) is 11.8 Å². The second-order valence-electron chi connectivity index (χ2n) is 2.33. The quantitative estimate of drug-likeness (QED) is 0.363. The number of amides is 2. The monoisotopic (exact) mass is 166 g/mol. The second-order valence-corrected chi connectivity index (χ2v) is 2.33. The van der Waals surface area contributed by atoms with Crippen molar-refractivity contribution in [1.82, 2.24) is 10.4 Å². The van der Waals surface area contributed by atoms with Crippen LogP contribution in [0.1, 0.15) is 6.42 Å². The SMILES string of the molecule is C=CCCNN1C(=O)C=CC1=O. The van der Waals surface area contributed by atoms with Crippen molar-refractivity contribution >= 4 is 11.8 Å². The van der Waals surface area contributed by atoms with Crippen molar-refractivity contribution in [3.8, 4) is 0 Å². The summed E-state index contributed by atoms with van der Waals surface area (Å²) in [6, 6.07) is 0. The van der Waals surface area contributed by atoms with E-state index in [1.165, 1.54) is 12.2 Å². The molecule has 2 amide bonds. The van der Waals surface area contributed by atoms with E-state index in [1.54, 1.807) is 6.08 Å². The molecule has 0 aromatic rings. The first-order valence-electron chi connectivity index (χ1n) is 3.66. The summed E-state index contributed by atoms with van der Waals surface area (Å²) >= 11 is 0. The highest BCUT2D eigenvalue weighted by atomic mass is 16.2. The van der Waals surface area contributed by atoms with Crippen LogP contribution in [0.3, 0.4) is 0 Å². The molecule has 0 saturated carbocycles. The topological polar surface area (TPSA) is 49.4 Å². The highest BCUT2D eigenvalue weighted by molar-refractivity contribution is 6.12. The molecule has 1 aliphatic heterocycles. The Labute approximate surface area is 70.5 Å². The van der Waals surface area contributed by atoms with Gasteiger partial charge in [0.05, 0.1) is 0 Å². The Bertz CT molecular complexity index is 227. The van der Waals surface area contributed by atoms with Crippen LogP contribution in [0.2, 0.25) is 0 Å². The van der Waals surface area contributed by atoms with Gasteiger partial charge in [-0.1, -0.05) is 6.08 Å². The highest BCUT2D eigenvalue weighted by Crippen LogP contribution is 1.98. The number of hydrogen-bond acceptors (Lipinski definition) is 3. The zero-order valence-corrected chi connectivity index (χ0v) is 6.62. The van der Waals surface area contributed by atoms with E-state index >= 15 is 0 Å². The third-order valence-corrected chi connectivity index (χ3v) is 1.43. The molecular weight excluding hydrogens is 156 g/mol. The molecule has 0 aliphatic carbocycles. The van der Waals surface area contributed by atoms with E-state index < -0.39 is 0 Å². The van der Waals surface area contributed by atoms with E-state index in [2.05, 4.69) is 12.0 Å². The Morgan fingerprint density at radius 3 is 2.50 bits per heavy atom. The molecule has 12 heavy (non-hydrogen) atoms. The molecule has 0 radical (unpaired) electrons. The third kappa shape index (κ3) is 1.79. The number of hydrogen-bond donors (Lipinski definition) is 1. The Morgan fingerprint density at radius 2 is 2.00 bits per heavy atom. The van der Waals surface area contributed by atoms with Crippen molar-refractivity contribution in [3.05, 3.63) is 24.8 Å². The highest BCUT2D eigenvalue weighted by Gasteiger charge is 2.22. The van der Waals surface area contributed by atoms with Crippen LogP contribution < -0.4 is 5.43 Å². The molecule has 1 rings (SSSR count). The van der Waals surface area contributed by atoms with E-state index in [9.17, 15) is 9.59 Å². The maximum absolute atomic E-state index is 10.9. The zero-order chi connectivity index (χ0) is 8.97. The van der Waals surface area contributed by atoms with Crippen LogP contribution in [-0.2, 0) is 9.59 Å². The molecule has 0 bridgehead atoms. The number of rotatable bonds is 4. The van der Waals surface area contributed by atoms with Gasteiger partial charge in [0.2, 0.25) is 0 Å². The van der Waals surface area contributed by atoms with Crippen LogP contribution in [-0.4, -0.2) is 23.4 Å². The van der Waals surface area contributed by atoms with Gasteiger partial charge in [0.1, 0.15) is 0 Å². The molecule has 0 aromatic carbocycles. The molecule has 1 heterocycles. The van der Waals surface area contributed by atoms with Crippen LogP contribution in [0.15, 0.2) is 24.8 Å². The molecule has 0 unspecified atom stereocenters. The first-order valence-corrected chi connectivity index (χ1v) is 3.66. The average molecular weight is 166 g/mol. The van der Waals surface area contributed by atoms with Crippen molar-refractivity contribution in [2.45, 2.75) is 6.42 Å². The van der Waals surface area contributed by atoms with Gasteiger partial charge >= 0.3 is 0 Å². The Morgan fingerprint density at radius 1 is 1.42 bits per heavy atom. The van der Waals surface area contributed by atoms with Crippen LogP contribution >= 0.6 is 0 Å². The summed E-state index contributed by atoms with van der Waals surface area (Å²) in [6.07, 6.45) is 4.91. The van der Waals surface area contributed by atoms with Crippen LogP contribution in [0.25, 0.3) is 0 Å². The summed E-state index contributed by atoms with van der Waals surface area (Å²) in [5.74, 6) is -0.631.